The molecule has 0 spiro atoms. The van der Waals surface area contributed by atoms with Crippen LogP contribution < -0.4 is 10.6 Å². The van der Waals surface area contributed by atoms with Crippen LogP contribution in [-0.4, -0.2) is 23.9 Å². The summed E-state index contributed by atoms with van der Waals surface area (Å²) in [5.41, 5.74) is 1.93. The first-order valence-corrected chi connectivity index (χ1v) is 5.87. The zero-order valence-electron chi connectivity index (χ0n) is 10.4. The van der Waals surface area contributed by atoms with Crippen molar-refractivity contribution < 1.29 is 19.1 Å². The number of ether oxygens (including phenoxy) is 1. The van der Waals surface area contributed by atoms with Crippen molar-refractivity contribution in [3.8, 4) is 0 Å². The van der Waals surface area contributed by atoms with Gasteiger partial charge in [0, 0.05) is 0 Å². The summed E-state index contributed by atoms with van der Waals surface area (Å²) >= 11 is 0. The average molecular weight is 262 g/mol. The molecule has 0 radical (unpaired) electrons. The molecule has 0 aromatic heterocycles. The highest BCUT2D eigenvalue weighted by atomic mass is 16.5. The normalized spacial score (nSPS) is 18.1. The molecule has 6 heteroatoms. The van der Waals surface area contributed by atoms with E-state index >= 15 is 0 Å². The van der Waals surface area contributed by atoms with Crippen LogP contribution in [0.5, 0.6) is 0 Å². The highest BCUT2D eigenvalue weighted by molar-refractivity contribution is 6.06. The van der Waals surface area contributed by atoms with Gasteiger partial charge < -0.3 is 10.1 Å². The number of nitrogens with one attached hydrogen (secondary N) is 2. The van der Waals surface area contributed by atoms with Crippen LogP contribution in [0.1, 0.15) is 17.5 Å². The fraction of sp³-hybridized carbons (Fsp3) is 0.308. The smallest absolute Gasteiger partial charge is 0.408 e. The monoisotopic (exact) mass is 262 g/mol. The number of carbonyl (C=O) groups excluding carboxylic acids is 3. The molecular weight excluding hydrogens is 248 g/mol. The average Bonchev–Trinajstić information content (AvgIpc) is 2.65. The lowest BCUT2D eigenvalue weighted by Crippen LogP contribution is -2.40. The third-order valence-electron chi connectivity index (χ3n) is 2.71. The van der Waals surface area contributed by atoms with Gasteiger partial charge in [0.25, 0.3) is 0 Å². The topological polar surface area (TPSA) is 84.5 Å². The summed E-state index contributed by atoms with van der Waals surface area (Å²) in [4.78, 5) is 33.7. The van der Waals surface area contributed by atoms with Crippen molar-refractivity contribution in [2.45, 2.75) is 26.0 Å². The van der Waals surface area contributed by atoms with Crippen molar-refractivity contribution in [1.29, 1.82) is 0 Å². The number of alkyl carbamates (subject to hydrolysis) is 1. The highest BCUT2D eigenvalue weighted by Gasteiger charge is 2.32. The largest absolute Gasteiger partial charge is 0.445 e. The molecule has 1 aliphatic rings. The second kappa shape index (κ2) is 5.51. The van der Waals surface area contributed by atoms with E-state index < -0.39 is 23.9 Å². The standard InChI is InChI=1S/C13H14N2O4/c1-8-3-2-4-9(5-8)7-19-13(18)14-10-6-11(16)15-12(10)17/h2-5,10H,6-7H2,1H3,(H,14,18)(H,15,16,17)/t10-/m0/s1. The van der Waals surface area contributed by atoms with Gasteiger partial charge in [0.15, 0.2) is 0 Å². The van der Waals surface area contributed by atoms with Crippen LogP contribution in [0.4, 0.5) is 4.79 Å². The third kappa shape index (κ3) is 3.54. The van der Waals surface area contributed by atoms with E-state index in [1.165, 1.54) is 0 Å². The predicted octanol–water partition coefficient (Wildman–Crippen LogP) is 0.636. The van der Waals surface area contributed by atoms with Gasteiger partial charge in [-0.1, -0.05) is 29.8 Å². The van der Waals surface area contributed by atoms with E-state index in [4.69, 9.17) is 4.74 Å². The fourth-order valence-corrected chi connectivity index (χ4v) is 1.80. The second-order valence-electron chi connectivity index (χ2n) is 4.38. The van der Waals surface area contributed by atoms with E-state index in [0.717, 1.165) is 11.1 Å². The Labute approximate surface area is 110 Å². The number of benzene rings is 1. The molecule has 2 rings (SSSR count). The van der Waals surface area contributed by atoms with Crippen LogP contribution in [0, 0.1) is 6.92 Å². The third-order valence-corrected chi connectivity index (χ3v) is 2.71. The maximum Gasteiger partial charge on any atom is 0.408 e. The Morgan fingerprint density at radius 3 is 2.89 bits per heavy atom. The summed E-state index contributed by atoms with van der Waals surface area (Å²) < 4.78 is 4.99. The molecule has 1 aromatic rings. The maximum atomic E-state index is 11.5. The molecule has 0 unspecified atom stereocenters. The molecule has 1 aliphatic heterocycles. The van der Waals surface area contributed by atoms with Crippen LogP contribution in [0.3, 0.4) is 0 Å². The van der Waals surface area contributed by atoms with Crippen LogP contribution >= 0.6 is 0 Å². The minimum Gasteiger partial charge on any atom is -0.445 e. The zero-order valence-corrected chi connectivity index (χ0v) is 10.4. The van der Waals surface area contributed by atoms with E-state index in [1.807, 2.05) is 31.2 Å². The lowest BCUT2D eigenvalue weighted by molar-refractivity contribution is -0.125. The van der Waals surface area contributed by atoms with Gasteiger partial charge in [0.1, 0.15) is 12.6 Å². The minimum atomic E-state index is -0.836. The molecule has 0 aliphatic carbocycles. The van der Waals surface area contributed by atoms with Gasteiger partial charge in [-0.15, -0.1) is 0 Å². The number of imide groups is 1. The van der Waals surface area contributed by atoms with Gasteiger partial charge >= 0.3 is 6.09 Å². The number of hydrogen-bond acceptors (Lipinski definition) is 4. The van der Waals surface area contributed by atoms with E-state index in [-0.39, 0.29) is 13.0 Å². The van der Waals surface area contributed by atoms with Crippen LogP contribution in [0.25, 0.3) is 0 Å². The number of amides is 3. The Balaban J connectivity index is 1.82. The minimum absolute atomic E-state index is 0.0433. The second-order valence-corrected chi connectivity index (χ2v) is 4.38. The highest BCUT2D eigenvalue weighted by Crippen LogP contribution is 2.06. The summed E-state index contributed by atoms with van der Waals surface area (Å²) in [6, 6.07) is 6.72. The van der Waals surface area contributed by atoms with E-state index in [2.05, 4.69) is 10.6 Å². The number of carbonyl (C=O) groups is 3. The molecule has 1 fully saturated rings. The summed E-state index contributed by atoms with van der Waals surface area (Å²) in [6.45, 7) is 2.06. The molecule has 1 saturated heterocycles. The first-order valence-electron chi connectivity index (χ1n) is 5.87. The lowest BCUT2D eigenvalue weighted by Gasteiger charge is -2.10. The first-order chi connectivity index (χ1) is 9.04. The summed E-state index contributed by atoms with van der Waals surface area (Å²) in [5, 5.41) is 4.46. The lowest BCUT2D eigenvalue weighted by atomic mass is 10.1. The SMILES string of the molecule is Cc1cccc(COC(=O)N[C@H]2CC(=O)NC2=O)c1. The molecule has 100 valence electrons. The van der Waals surface area contributed by atoms with E-state index in [1.54, 1.807) is 0 Å². The fourth-order valence-electron chi connectivity index (χ4n) is 1.80. The number of aryl methyl sites for hydroxylation is 1. The van der Waals surface area contributed by atoms with Crippen LogP contribution in [0.15, 0.2) is 24.3 Å². The van der Waals surface area contributed by atoms with Crippen LogP contribution in [-0.2, 0) is 20.9 Å². The summed E-state index contributed by atoms with van der Waals surface area (Å²) in [7, 11) is 0. The molecule has 1 aromatic carbocycles. The van der Waals surface area contributed by atoms with Gasteiger partial charge in [-0.2, -0.15) is 0 Å². The van der Waals surface area contributed by atoms with Gasteiger partial charge in [0.2, 0.25) is 11.8 Å². The molecule has 0 bridgehead atoms. The molecule has 6 nitrogen and oxygen atoms in total. The van der Waals surface area contributed by atoms with Gasteiger partial charge in [0.05, 0.1) is 6.42 Å². The molecule has 1 heterocycles. The van der Waals surface area contributed by atoms with Crippen molar-refractivity contribution in [2.75, 3.05) is 0 Å². The molecule has 19 heavy (non-hydrogen) atoms. The van der Waals surface area contributed by atoms with Gasteiger partial charge in [-0.25, -0.2) is 4.79 Å². The molecule has 1 atom stereocenters. The van der Waals surface area contributed by atoms with Gasteiger partial charge in [-0.05, 0) is 12.5 Å². The summed E-state index contributed by atoms with van der Waals surface area (Å²) in [6.07, 6.45) is -0.755. The Kier molecular flexibility index (Phi) is 3.79. The molecular formula is C13H14N2O4. The van der Waals surface area contributed by atoms with Gasteiger partial charge in [-0.3, -0.25) is 14.9 Å². The quantitative estimate of drug-likeness (QED) is 0.783. The zero-order chi connectivity index (χ0) is 13.8. The number of rotatable bonds is 3. The number of hydrogen-bond donors (Lipinski definition) is 2. The van der Waals surface area contributed by atoms with Crippen molar-refractivity contribution >= 4 is 17.9 Å². The maximum absolute atomic E-state index is 11.5. The Bertz CT molecular complexity index is 527. The predicted molar refractivity (Wildman–Crippen MR) is 66.1 cm³/mol. The first kappa shape index (κ1) is 13.1. The van der Waals surface area contributed by atoms with Crippen LogP contribution in [0.2, 0.25) is 0 Å². The molecule has 2 N–H and O–H groups in total. The van der Waals surface area contributed by atoms with Crippen molar-refractivity contribution in [2.24, 2.45) is 0 Å². The summed E-state index contributed by atoms with van der Waals surface area (Å²) in [5.74, 6) is -0.897. The molecule has 0 saturated carbocycles. The Morgan fingerprint density at radius 1 is 1.47 bits per heavy atom. The van der Waals surface area contributed by atoms with E-state index in [9.17, 15) is 14.4 Å². The Hall–Kier alpha value is -2.37. The molecule has 3 amide bonds. The van der Waals surface area contributed by atoms with Crippen molar-refractivity contribution in [3.63, 3.8) is 0 Å². The van der Waals surface area contributed by atoms with E-state index in [0.29, 0.717) is 0 Å². The Morgan fingerprint density at radius 2 is 2.26 bits per heavy atom. The van der Waals surface area contributed by atoms with Crippen molar-refractivity contribution in [1.82, 2.24) is 10.6 Å². The van der Waals surface area contributed by atoms with Crippen molar-refractivity contribution in [3.05, 3.63) is 35.4 Å².